The molecule has 170 valence electrons. The predicted molar refractivity (Wildman–Crippen MR) is 134 cm³/mol. The number of hydrogen-bond donors (Lipinski definition) is 3. The van der Waals surface area contributed by atoms with Crippen LogP contribution in [0.15, 0.2) is 78.9 Å². The van der Waals surface area contributed by atoms with E-state index in [0.717, 1.165) is 18.2 Å². The molecule has 0 bridgehead atoms. The fraction of sp³-hybridized carbons (Fsp3) is 0.259. The minimum absolute atomic E-state index is 0. The van der Waals surface area contributed by atoms with E-state index < -0.39 is 0 Å². The quantitative estimate of drug-likeness (QED) is 0.416. The van der Waals surface area contributed by atoms with Crippen molar-refractivity contribution in [3.8, 4) is 0 Å². The van der Waals surface area contributed by atoms with E-state index >= 15 is 0 Å². The summed E-state index contributed by atoms with van der Waals surface area (Å²) in [6.07, 6.45) is 3.96. The molecule has 2 amide bonds. The van der Waals surface area contributed by atoms with Gasteiger partial charge in [-0.05, 0) is 85.8 Å². The summed E-state index contributed by atoms with van der Waals surface area (Å²) in [6, 6.07) is 24.7. The summed E-state index contributed by atoms with van der Waals surface area (Å²) in [6.45, 7) is 1.16. The van der Waals surface area contributed by atoms with E-state index in [9.17, 15) is 9.59 Å². The number of nitrogens with one attached hydrogen (secondary N) is 3. The number of benzene rings is 3. The number of carbonyl (C=O) groups is 2. The molecule has 5 nitrogen and oxygen atoms in total. The fourth-order valence-corrected chi connectivity index (χ4v) is 3.94. The lowest BCUT2D eigenvalue weighted by Crippen LogP contribution is -2.20. The number of halogens is 1. The maximum Gasteiger partial charge on any atom is 0.255 e. The molecule has 33 heavy (non-hydrogen) atoms. The second-order valence-electron chi connectivity index (χ2n) is 8.77. The van der Waals surface area contributed by atoms with E-state index in [-0.39, 0.29) is 24.2 Å². The van der Waals surface area contributed by atoms with Crippen molar-refractivity contribution in [1.82, 2.24) is 5.32 Å². The van der Waals surface area contributed by atoms with Gasteiger partial charge in [-0.2, -0.15) is 0 Å². The molecule has 0 spiro atoms. The van der Waals surface area contributed by atoms with Crippen LogP contribution in [0.3, 0.4) is 0 Å². The van der Waals surface area contributed by atoms with Gasteiger partial charge in [0.15, 0.2) is 0 Å². The number of carbonyl (C=O) groups excluding carboxylic acids is 2. The minimum Gasteiger partial charge on any atom is -0.322 e. The number of anilines is 2. The first-order valence-electron chi connectivity index (χ1n) is 11.3. The zero-order chi connectivity index (χ0) is 21.9. The Balaban J connectivity index is 0.00000259. The van der Waals surface area contributed by atoms with Gasteiger partial charge in [-0.1, -0.05) is 30.3 Å². The van der Waals surface area contributed by atoms with E-state index in [4.69, 9.17) is 0 Å². The molecule has 0 radical (unpaired) electrons. The van der Waals surface area contributed by atoms with Crippen LogP contribution < -0.4 is 16.0 Å². The molecule has 2 saturated carbocycles. The van der Waals surface area contributed by atoms with Gasteiger partial charge in [-0.15, -0.1) is 12.4 Å². The average Bonchev–Trinajstić information content (AvgIpc) is 3.75. The van der Waals surface area contributed by atoms with Gasteiger partial charge in [0.05, 0.1) is 0 Å². The van der Waals surface area contributed by atoms with Gasteiger partial charge in [0.1, 0.15) is 0 Å². The molecular weight excluding hydrogens is 434 g/mol. The van der Waals surface area contributed by atoms with Crippen LogP contribution in [0, 0.1) is 5.92 Å². The Morgan fingerprint density at radius 3 is 1.85 bits per heavy atom. The summed E-state index contributed by atoms with van der Waals surface area (Å²) >= 11 is 0. The summed E-state index contributed by atoms with van der Waals surface area (Å²) in [5.74, 6) is 1.15. The molecule has 0 aromatic heterocycles. The van der Waals surface area contributed by atoms with Crippen LogP contribution in [-0.4, -0.2) is 24.4 Å². The largest absolute Gasteiger partial charge is 0.322 e. The molecule has 2 fully saturated rings. The molecule has 0 aliphatic heterocycles. The van der Waals surface area contributed by atoms with Gasteiger partial charge < -0.3 is 16.0 Å². The SMILES string of the molecule is Cl.O=C(Nc1ccc(C(=O)Nc2ccc(C3CC3NCC3CC3)cc2)cc1)c1ccccc1. The van der Waals surface area contributed by atoms with Crippen LogP contribution >= 0.6 is 12.4 Å². The van der Waals surface area contributed by atoms with Crippen molar-refractivity contribution in [1.29, 1.82) is 0 Å². The second kappa shape index (κ2) is 10.2. The van der Waals surface area contributed by atoms with Crippen molar-refractivity contribution in [3.05, 3.63) is 95.6 Å². The highest BCUT2D eigenvalue weighted by Crippen LogP contribution is 2.41. The molecule has 0 saturated heterocycles. The third-order valence-electron chi connectivity index (χ3n) is 6.19. The monoisotopic (exact) mass is 461 g/mol. The van der Waals surface area contributed by atoms with Crippen molar-refractivity contribution in [2.45, 2.75) is 31.2 Å². The van der Waals surface area contributed by atoms with Crippen LogP contribution in [0.5, 0.6) is 0 Å². The first kappa shape index (κ1) is 23.0. The molecular formula is C27H28ClN3O2. The highest BCUT2D eigenvalue weighted by atomic mass is 35.5. The molecule has 2 unspecified atom stereocenters. The summed E-state index contributed by atoms with van der Waals surface area (Å²) in [5.41, 5.74) is 3.89. The Bertz CT molecular complexity index is 1100. The number of rotatable bonds is 8. The lowest BCUT2D eigenvalue weighted by atomic mass is 10.1. The Kier molecular flexibility index (Phi) is 7.11. The molecule has 3 aromatic rings. The molecule has 2 atom stereocenters. The van der Waals surface area contributed by atoms with E-state index in [0.29, 0.717) is 28.8 Å². The zero-order valence-electron chi connectivity index (χ0n) is 18.3. The van der Waals surface area contributed by atoms with Crippen LogP contribution in [0.1, 0.15) is 51.5 Å². The smallest absolute Gasteiger partial charge is 0.255 e. The van der Waals surface area contributed by atoms with Gasteiger partial charge in [0, 0.05) is 34.5 Å². The van der Waals surface area contributed by atoms with E-state index in [1.54, 1.807) is 36.4 Å². The fourth-order valence-electron chi connectivity index (χ4n) is 3.94. The van der Waals surface area contributed by atoms with Crippen molar-refractivity contribution in [2.75, 3.05) is 17.2 Å². The molecule has 0 heterocycles. The van der Waals surface area contributed by atoms with Crippen molar-refractivity contribution in [3.63, 3.8) is 0 Å². The minimum atomic E-state index is -0.177. The van der Waals surface area contributed by atoms with E-state index in [1.165, 1.54) is 24.8 Å². The predicted octanol–water partition coefficient (Wildman–Crippen LogP) is 5.47. The molecule has 2 aliphatic rings. The summed E-state index contributed by atoms with van der Waals surface area (Å²) in [5, 5.41) is 9.46. The Morgan fingerprint density at radius 1 is 0.727 bits per heavy atom. The van der Waals surface area contributed by atoms with E-state index in [2.05, 4.69) is 28.1 Å². The van der Waals surface area contributed by atoms with Gasteiger partial charge in [0.2, 0.25) is 0 Å². The zero-order valence-corrected chi connectivity index (χ0v) is 19.1. The van der Waals surface area contributed by atoms with Gasteiger partial charge in [0.25, 0.3) is 11.8 Å². The number of amides is 2. The maximum atomic E-state index is 12.6. The van der Waals surface area contributed by atoms with Gasteiger partial charge in [-0.3, -0.25) is 9.59 Å². The van der Waals surface area contributed by atoms with Gasteiger partial charge >= 0.3 is 0 Å². The Labute approximate surface area is 200 Å². The average molecular weight is 462 g/mol. The summed E-state index contributed by atoms with van der Waals surface area (Å²) in [4.78, 5) is 24.8. The third kappa shape index (κ3) is 6.01. The standard InChI is InChI=1S/C27H27N3O2.ClH/c31-26(20-4-2-1-3-5-20)29-23-14-10-21(11-15-23)27(32)30-22-12-8-19(9-13-22)24-16-25(24)28-17-18-6-7-18;/h1-5,8-15,18,24-25,28H,6-7,16-17H2,(H,29,31)(H,30,32);1H. The lowest BCUT2D eigenvalue weighted by molar-refractivity contribution is 0.102. The van der Waals surface area contributed by atoms with E-state index in [1.807, 2.05) is 30.3 Å². The summed E-state index contributed by atoms with van der Waals surface area (Å²) < 4.78 is 0. The third-order valence-corrected chi connectivity index (χ3v) is 6.19. The maximum absolute atomic E-state index is 12.6. The first-order valence-corrected chi connectivity index (χ1v) is 11.3. The Hall–Kier alpha value is -3.15. The molecule has 3 aromatic carbocycles. The molecule has 6 heteroatoms. The van der Waals surface area contributed by atoms with Crippen molar-refractivity contribution >= 4 is 35.6 Å². The van der Waals surface area contributed by atoms with Crippen LogP contribution in [0.25, 0.3) is 0 Å². The Morgan fingerprint density at radius 2 is 1.27 bits per heavy atom. The highest BCUT2D eigenvalue weighted by molar-refractivity contribution is 6.06. The number of hydrogen-bond acceptors (Lipinski definition) is 3. The lowest BCUT2D eigenvalue weighted by Gasteiger charge is -2.09. The summed E-state index contributed by atoms with van der Waals surface area (Å²) in [7, 11) is 0. The molecule has 3 N–H and O–H groups in total. The van der Waals surface area contributed by atoms with Crippen molar-refractivity contribution in [2.24, 2.45) is 5.92 Å². The van der Waals surface area contributed by atoms with Crippen LogP contribution in [-0.2, 0) is 0 Å². The van der Waals surface area contributed by atoms with Crippen LogP contribution in [0.4, 0.5) is 11.4 Å². The normalized spacial score (nSPS) is 18.7. The second-order valence-corrected chi connectivity index (χ2v) is 8.77. The van der Waals surface area contributed by atoms with Crippen LogP contribution in [0.2, 0.25) is 0 Å². The highest BCUT2D eigenvalue weighted by Gasteiger charge is 2.38. The first-order chi connectivity index (χ1) is 15.7. The molecule has 5 rings (SSSR count). The van der Waals surface area contributed by atoms with Crippen molar-refractivity contribution < 1.29 is 9.59 Å². The topological polar surface area (TPSA) is 70.2 Å². The molecule has 2 aliphatic carbocycles. The van der Waals surface area contributed by atoms with Gasteiger partial charge in [-0.25, -0.2) is 0 Å².